The Balaban J connectivity index is 1.84. The van der Waals surface area contributed by atoms with Gasteiger partial charge in [-0.3, -0.25) is 14.9 Å². The third-order valence-corrected chi connectivity index (χ3v) is 5.74. The molecule has 5 nitrogen and oxygen atoms in total. The second kappa shape index (κ2) is 14.1. The van der Waals surface area contributed by atoms with Crippen LogP contribution < -0.4 is 5.32 Å². The lowest BCUT2D eigenvalue weighted by Gasteiger charge is -2.21. The predicted molar refractivity (Wildman–Crippen MR) is 108 cm³/mol. The van der Waals surface area contributed by atoms with Crippen molar-refractivity contribution in [3.63, 3.8) is 0 Å². The summed E-state index contributed by atoms with van der Waals surface area (Å²) >= 11 is 0. The zero-order valence-corrected chi connectivity index (χ0v) is 17.3. The number of carbonyl (C=O) groups is 2. The molecule has 1 fully saturated rings. The van der Waals surface area contributed by atoms with E-state index >= 15 is 0 Å². The summed E-state index contributed by atoms with van der Waals surface area (Å²) in [5.41, 5.74) is -1.92. The highest BCUT2D eigenvalue weighted by Gasteiger charge is 2.53. The number of nitrogens with one attached hydrogen (secondary N) is 1. The summed E-state index contributed by atoms with van der Waals surface area (Å²) in [6, 6.07) is 0. The number of imide groups is 1. The Bertz CT molecular complexity index is 427. The molecule has 2 amide bonds. The van der Waals surface area contributed by atoms with Gasteiger partial charge in [-0.05, 0) is 12.8 Å². The fraction of sp³-hybridized carbons (Fsp3) is 0.909. The van der Waals surface area contributed by atoms with Gasteiger partial charge < -0.3 is 10.2 Å². The maximum atomic E-state index is 11.6. The van der Waals surface area contributed by atoms with Crippen molar-refractivity contribution < 1.29 is 19.8 Å². The number of hydrogen-bond donors (Lipinski definition) is 3. The van der Waals surface area contributed by atoms with Gasteiger partial charge in [0.2, 0.25) is 0 Å². The average molecular weight is 384 g/mol. The number of unbranched alkanes of at least 4 members (excludes halogenated alkanes) is 15. The lowest BCUT2D eigenvalue weighted by molar-refractivity contribution is -0.146. The van der Waals surface area contributed by atoms with Crippen LogP contribution in [0, 0.1) is 0 Å². The van der Waals surface area contributed by atoms with E-state index in [4.69, 9.17) is 0 Å². The Labute approximate surface area is 165 Å². The van der Waals surface area contributed by atoms with Crippen LogP contribution in [0.3, 0.4) is 0 Å². The van der Waals surface area contributed by atoms with Gasteiger partial charge in [0, 0.05) is 0 Å². The first-order chi connectivity index (χ1) is 13.0. The molecule has 0 aliphatic carbocycles. The first-order valence-corrected chi connectivity index (χ1v) is 11.3. The Hall–Kier alpha value is -0.940. The number of rotatable bonds is 17. The molecule has 2 unspecified atom stereocenters. The molecule has 1 aliphatic rings. The highest BCUT2D eigenvalue weighted by Crippen LogP contribution is 2.25. The van der Waals surface area contributed by atoms with Gasteiger partial charge in [0.25, 0.3) is 11.8 Å². The topological polar surface area (TPSA) is 86.6 Å². The van der Waals surface area contributed by atoms with Crippen molar-refractivity contribution in [3.8, 4) is 0 Å². The Morgan fingerprint density at radius 1 is 0.741 bits per heavy atom. The first-order valence-electron chi connectivity index (χ1n) is 11.3. The van der Waals surface area contributed by atoms with Gasteiger partial charge in [0.15, 0.2) is 11.7 Å². The number of hydrogen-bond acceptors (Lipinski definition) is 4. The molecular weight excluding hydrogens is 342 g/mol. The summed E-state index contributed by atoms with van der Waals surface area (Å²) < 4.78 is 0. The third kappa shape index (κ3) is 9.20. The standard InChI is InChI=1S/C22H41NO4/c1-2-3-4-5-6-7-8-9-10-11-12-13-14-15-16-17-18-22(27)19(24)20(25)23-21(22)26/h19,24,27H,2-18H2,1H3,(H,23,25,26). The number of amides is 2. The molecule has 3 N–H and O–H groups in total. The maximum Gasteiger partial charge on any atom is 0.261 e. The second-order valence-electron chi connectivity index (χ2n) is 8.20. The molecule has 0 aromatic rings. The van der Waals surface area contributed by atoms with Crippen molar-refractivity contribution in [1.29, 1.82) is 0 Å². The molecule has 0 radical (unpaired) electrons. The Kier molecular flexibility index (Phi) is 12.6. The molecule has 27 heavy (non-hydrogen) atoms. The molecule has 0 spiro atoms. The van der Waals surface area contributed by atoms with Gasteiger partial charge in [0.1, 0.15) is 0 Å². The molecule has 0 saturated carbocycles. The molecule has 158 valence electrons. The average Bonchev–Trinajstić information content (AvgIpc) is 2.84. The molecule has 1 heterocycles. The van der Waals surface area contributed by atoms with E-state index in [1.54, 1.807) is 0 Å². The largest absolute Gasteiger partial charge is 0.380 e. The molecule has 2 atom stereocenters. The van der Waals surface area contributed by atoms with Gasteiger partial charge in [-0.2, -0.15) is 0 Å². The van der Waals surface area contributed by atoms with E-state index in [1.807, 2.05) is 5.32 Å². The van der Waals surface area contributed by atoms with Crippen LogP contribution in [0.4, 0.5) is 0 Å². The summed E-state index contributed by atoms with van der Waals surface area (Å²) in [6.07, 6.45) is 18.6. The van der Waals surface area contributed by atoms with Crippen molar-refractivity contribution in [2.45, 2.75) is 128 Å². The van der Waals surface area contributed by atoms with Crippen molar-refractivity contribution in [2.24, 2.45) is 0 Å². The van der Waals surface area contributed by atoms with E-state index in [1.165, 1.54) is 83.5 Å². The Morgan fingerprint density at radius 3 is 1.44 bits per heavy atom. The zero-order valence-electron chi connectivity index (χ0n) is 17.3. The normalized spacial score (nSPS) is 22.4. The molecule has 0 aromatic carbocycles. The van der Waals surface area contributed by atoms with Crippen molar-refractivity contribution in [3.05, 3.63) is 0 Å². The summed E-state index contributed by atoms with van der Waals surface area (Å²) in [5.74, 6) is -1.56. The fourth-order valence-electron chi connectivity index (χ4n) is 3.82. The van der Waals surface area contributed by atoms with E-state index in [2.05, 4.69) is 6.92 Å². The van der Waals surface area contributed by atoms with Gasteiger partial charge in [-0.15, -0.1) is 0 Å². The van der Waals surface area contributed by atoms with Gasteiger partial charge >= 0.3 is 0 Å². The van der Waals surface area contributed by atoms with Crippen molar-refractivity contribution >= 4 is 11.8 Å². The van der Waals surface area contributed by atoms with Crippen LogP contribution in [-0.2, 0) is 9.59 Å². The van der Waals surface area contributed by atoms with E-state index in [0.29, 0.717) is 6.42 Å². The monoisotopic (exact) mass is 383 g/mol. The fourth-order valence-corrected chi connectivity index (χ4v) is 3.82. The Morgan fingerprint density at radius 2 is 1.11 bits per heavy atom. The van der Waals surface area contributed by atoms with Crippen molar-refractivity contribution in [2.75, 3.05) is 0 Å². The van der Waals surface area contributed by atoms with Gasteiger partial charge in [-0.25, -0.2) is 0 Å². The van der Waals surface area contributed by atoms with E-state index in [-0.39, 0.29) is 6.42 Å². The van der Waals surface area contributed by atoms with Crippen LogP contribution in [0.1, 0.15) is 116 Å². The quantitative estimate of drug-likeness (QED) is 0.257. The van der Waals surface area contributed by atoms with E-state index in [0.717, 1.165) is 12.8 Å². The van der Waals surface area contributed by atoms with Crippen molar-refractivity contribution in [1.82, 2.24) is 5.32 Å². The highest BCUT2D eigenvalue weighted by atomic mass is 16.4. The molecule has 1 aliphatic heterocycles. The van der Waals surface area contributed by atoms with Crippen LogP contribution in [0.2, 0.25) is 0 Å². The summed E-state index contributed by atoms with van der Waals surface area (Å²) in [7, 11) is 0. The summed E-state index contributed by atoms with van der Waals surface area (Å²) in [4.78, 5) is 22.8. The molecule has 0 aromatic heterocycles. The van der Waals surface area contributed by atoms with E-state index < -0.39 is 23.5 Å². The second-order valence-corrected chi connectivity index (χ2v) is 8.20. The smallest absolute Gasteiger partial charge is 0.261 e. The van der Waals surface area contributed by atoms with Crippen LogP contribution in [0.5, 0.6) is 0 Å². The SMILES string of the molecule is CCCCCCCCCCCCCCCCCCC1(O)C(=O)NC(=O)C1O. The van der Waals surface area contributed by atoms with Crippen LogP contribution in [0.15, 0.2) is 0 Å². The third-order valence-electron chi connectivity index (χ3n) is 5.74. The summed E-state index contributed by atoms with van der Waals surface area (Å²) in [6.45, 7) is 2.26. The minimum Gasteiger partial charge on any atom is -0.380 e. The lowest BCUT2D eigenvalue weighted by atomic mass is 9.91. The molecular formula is C22H41NO4. The van der Waals surface area contributed by atoms with Crippen LogP contribution >= 0.6 is 0 Å². The molecule has 1 rings (SSSR count). The minimum atomic E-state index is -1.92. The first kappa shape index (κ1) is 24.1. The van der Waals surface area contributed by atoms with Gasteiger partial charge in [-0.1, -0.05) is 103 Å². The van der Waals surface area contributed by atoms with Crippen LogP contribution in [0.25, 0.3) is 0 Å². The maximum absolute atomic E-state index is 11.6. The van der Waals surface area contributed by atoms with E-state index in [9.17, 15) is 19.8 Å². The number of aliphatic hydroxyl groups is 2. The molecule has 1 saturated heterocycles. The zero-order chi connectivity index (χ0) is 20.0. The lowest BCUT2D eigenvalue weighted by Crippen LogP contribution is -2.45. The predicted octanol–water partition coefficient (Wildman–Crippen LogP) is 4.39. The number of carbonyl (C=O) groups excluding carboxylic acids is 2. The highest BCUT2D eigenvalue weighted by molar-refractivity contribution is 6.10. The molecule has 0 bridgehead atoms. The molecule has 5 heteroatoms. The van der Waals surface area contributed by atoms with Crippen LogP contribution in [-0.4, -0.2) is 33.7 Å². The summed E-state index contributed by atoms with van der Waals surface area (Å²) in [5, 5.41) is 21.7. The van der Waals surface area contributed by atoms with Gasteiger partial charge in [0.05, 0.1) is 0 Å². The number of aliphatic hydroxyl groups excluding tert-OH is 1. The minimum absolute atomic E-state index is 0.143.